The summed E-state index contributed by atoms with van der Waals surface area (Å²) in [6.07, 6.45) is 0. The molecule has 0 saturated carbocycles. The van der Waals surface area contributed by atoms with Crippen LogP contribution in [0.1, 0.15) is 21.5 Å². The summed E-state index contributed by atoms with van der Waals surface area (Å²) in [5, 5.41) is 3.29. The minimum absolute atomic E-state index is 0.0571. The molecule has 1 amide bonds. The molecule has 3 rings (SSSR count). The Kier molecular flexibility index (Phi) is 5.72. The summed E-state index contributed by atoms with van der Waals surface area (Å²) < 4.78 is 27.8. The number of carbonyl (C=O) groups excluding carboxylic acids is 1. The molecule has 28 heavy (non-hydrogen) atoms. The summed E-state index contributed by atoms with van der Waals surface area (Å²) in [6.45, 7) is 3.83. The number of sulfonamides is 1. The van der Waals surface area contributed by atoms with Crippen molar-refractivity contribution in [3.63, 3.8) is 0 Å². The smallest absolute Gasteiger partial charge is 0.261 e. The van der Waals surface area contributed by atoms with Crippen LogP contribution in [0.2, 0.25) is 5.02 Å². The van der Waals surface area contributed by atoms with Crippen LogP contribution in [0.3, 0.4) is 0 Å². The number of benzene rings is 3. The van der Waals surface area contributed by atoms with Crippen LogP contribution < -0.4 is 10.0 Å². The summed E-state index contributed by atoms with van der Waals surface area (Å²) >= 11 is 5.82. The molecule has 0 atom stereocenters. The third-order valence-electron chi connectivity index (χ3n) is 4.18. The predicted octanol–water partition coefficient (Wildman–Crippen LogP) is 5.01. The van der Waals surface area contributed by atoms with Gasteiger partial charge in [-0.05, 0) is 67.4 Å². The second-order valence-corrected chi connectivity index (χ2v) is 8.50. The average molecular weight is 415 g/mol. The van der Waals surface area contributed by atoms with Gasteiger partial charge in [0.25, 0.3) is 15.9 Å². The fourth-order valence-corrected chi connectivity index (χ4v) is 3.85. The van der Waals surface area contributed by atoms with E-state index in [2.05, 4.69) is 10.0 Å². The first-order chi connectivity index (χ1) is 13.3. The minimum Gasteiger partial charge on any atom is -0.322 e. The van der Waals surface area contributed by atoms with Gasteiger partial charge in [0, 0.05) is 10.7 Å². The Morgan fingerprint density at radius 3 is 2.29 bits per heavy atom. The van der Waals surface area contributed by atoms with Crippen molar-refractivity contribution in [2.24, 2.45) is 0 Å². The number of rotatable bonds is 5. The first kappa shape index (κ1) is 19.9. The molecule has 0 aromatic heterocycles. The van der Waals surface area contributed by atoms with Crippen LogP contribution >= 0.6 is 11.6 Å². The van der Waals surface area contributed by atoms with Crippen LogP contribution in [0.5, 0.6) is 0 Å². The molecular weight excluding hydrogens is 396 g/mol. The van der Waals surface area contributed by atoms with Crippen LogP contribution in [0, 0.1) is 13.8 Å². The van der Waals surface area contributed by atoms with Gasteiger partial charge in [0.2, 0.25) is 0 Å². The van der Waals surface area contributed by atoms with E-state index in [0.717, 1.165) is 11.1 Å². The van der Waals surface area contributed by atoms with Gasteiger partial charge in [-0.25, -0.2) is 8.42 Å². The molecule has 0 fully saturated rings. The number of amides is 1. The van der Waals surface area contributed by atoms with E-state index in [1.54, 1.807) is 24.3 Å². The van der Waals surface area contributed by atoms with Crippen molar-refractivity contribution in [2.45, 2.75) is 18.7 Å². The highest BCUT2D eigenvalue weighted by molar-refractivity contribution is 7.92. The first-order valence-corrected chi connectivity index (χ1v) is 10.4. The van der Waals surface area contributed by atoms with Gasteiger partial charge < -0.3 is 5.32 Å². The van der Waals surface area contributed by atoms with E-state index in [-0.39, 0.29) is 16.1 Å². The summed E-state index contributed by atoms with van der Waals surface area (Å²) in [7, 11) is -3.86. The summed E-state index contributed by atoms with van der Waals surface area (Å²) in [5.41, 5.74) is 3.03. The maximum Gasteiger partial charge on any atom is 0.261 e. The number of hydrogen-bond donors (Lipinski definition) is 2. The Bertz CT molecular complexity index is 1130. The highest BCUT2D eigenvalue weighted by Gasteiger charge is 2.19. The van der Waals surface area contributed by atoms with E-state index >= 15 is 0 Å². The zero-order valence-corrected chi connectivity index (χ0v) is 16.9. The van der Waals surface area contributed by atoms with E-state index < -0.39 is 15.9 Å². The van der Waals surface area contributed by atoms with Crippen molar-refractivity contribution in [1.82, 2.24) is 0 Å². The standard InChI is InChI=1S/C21H19ClN2O3S/c1-14-7-8-15(2)20(13-14)23-21(25)18-5-3-4-6-19(18)24-28(26,27)17-11-9-16(22)10-12-17/h3-13,24H,1-2H3,(H,23,25). The first-order valence-electron chi connectivity index (χ1n) is 8.52. The van der Waals surface area contributed by atoms with E-state index in [1.807, 2.05) is 32.0 Å². The van der Waals surface area contributed by atoms with Crippen molar-refractivity contribution in [3.8, 4) is 0 Å². The molecular formula is C21H19ClN2O3S. The molecule has 0 saturated heterocycles. The third-order valence-corrected chi connectivity index (χ3v) is 5.81. The molecule has 5 nitrogen and oxygen atoms in total. The van der Waals surface area contributed by atoms with Crippen molar-refractivity contribution in [3.05, 3.63) is 88.4 Å². The maximum atomic E-state index is 12.8. The monoisotopic (exact) mass is 414 g/mol. The molecule has 0 heterocycles. The lowest BCUT2D eigenvalue weighted by Crippen LogP contribution is -2.19. The van der Waals surface area contributed by atoms with E-state index in [1.165, 1.54) is 24.3 Å². The molecule has 0 unspecified atom stereocenters. The molecule has 144 valence electrons. The minimum atomic E-state index is -3.86. The number of anilines is 2. The summed E-state index contributed by atoms with van der Waals surface area (Å²) in [4.78, 5) is 12.9. The van der Waals surface area contributed by atoms with Gasteiger partial charge in [0.05, 0.1) is 16.1 Å². The lowest BCUT2D eigenvalue weighted by Gasteiger charge is -2.14. The fraction of sp³-hybridized carbons (Fsp3) is 0.0952. The molecule has 7 heteroatoms. The Morgan fingerprint density at radius 2 is 1.57 bits per heavy atom. The van der Waals surface area contributed by atoms with Gasteiger partial charge in [-0.1, -0.05) is 35.9 Å². The van der Waals surface area contributed by atoms with Gasteiger partial charge in [-0.3, -0.25) is 9.52 Å². The zero-order chi connectivity index (χ0) is 20.3. The number of hydrogen-bond acceptors (Lipinski definition) is 3. The van der Waals surface area contributed by atoms with E-state index in [0.29, 0.717) is 10.7 Å². The van der Waals surface area contributed by atoms with Gasteiger partial charge in [-0.2, -0.15) is 0 Å². The molecule has 0 aliphatic heterocycles. The average Bonchev–Trinajstić information content (AvgIpc) is 2.65. The second kappa shape index (κ2) is 8.04. The Balaban J connectivity index is 1.89. The maximum absolute atomic E-state index is 12.8. The van der Waals surface area contributed by atoms with Gasteiger partial charge >= 0.3 is 0 Å². The Morgan fingerprint density at radius 1 is 0.893 bits per heavy atom. The number of nitrogens with one attached hydrogen (secondary N) is 2. The van der Waals surface area contributed by atoms with Crippen molar-refractivity contribution in [2.75, 3.05) is 10.0 Å². The normalized spacial score (nSPS) is 11.1. The van der Waals surface area contributed by atoms with Crippen molar-refractivity contribution < 1.29 is 13.2 Å². The fourth-order valence-electron chi connectivity index (χ4n) is 2.65. The highest BCUT2D eigenvalue weighted by Crippen LogP contribution is 2.23. The molecule has 3 aromatic rings. The lowest BCUT2D eigenvalue weighted by molar-refractivity contribution is 0.102. The summed E-state index contributed by atoms with van der Waals surface area (Å²) in [5.74, 6) is -0.400. The lowest BCUT2D eigenvalue weighted by atomic mass is 10.1. The molecule has 2 N–H and O–H groups in total. The molecule has 0 spiro atoms. The molecule has 0 bridgehead atoms. The van der Waals surface area contributed by atoms with E-state index in [9.17, 15) is 13.2 Å². The topological polar surface area (TPSA) is 75.3 Å². The summed E-state index contributed by atoms with van der Waals surface area (Å²) in [6, 6.07) is 18.0. The van der Waals surface area contributed by atoms with Crippen LogP contribution in [0.15, 0.2) is 71.6 Å². The quantitative estimate of drug-likeness (QED) is 0.616. The van der Waals surface area contributed by atoms with Crippen molar-refractivity contribution in [1.29, 1.82) is 0 Å². The van der Waals surface area contributed by atoms with E-state index in [4.69, 9.17) is 11.6 Å². The number of para-hydroxylation sites is 1. The molecule has 0 aliphatic rings. The van der Waals surface area contributed by atoms with Crippen LogP contribution in [-0.2, 0) is 10.0 Å². The Labute approximate surface area is 169 Å². The largest absolute Gasteiger partial charge is 0.322 e. The van der Waals surface area contributed by atoms with Crippen molar-refractivity contribution >= 4 is 38.9 Å². The van der Waals surface area contributed by atoms with Gasteiger partial charge in [-0.15, -0.1) is 0 Å². The second-order valence-electron chi connectivity index (χ2n) is 6.38. The number of halogens is 1. The third kappa shape index (κ3) is 4.52. The van der Waals surface area contributed by atoms with Gasteiger partial charge in [0.1, 0.15) is 0 Å². The van der Waals surface area contributed by atoms with Crippen LogP contribution in [0.25, 0.3) is 0 Å². The predicted molar refractivity (Wildman–Crippen MR) is 113 cm³/mol. The van der Waals surface area contributed by atoms with Gasteiger partial charge in [0.15, 0.2) is 0 Å². The van der Waals surface area contributed by atoms with Crippen LogP contribution in [-0.4, -0.2) is 14.3 Å². The van der Waals surface area contributed by atoms with Crippen LogP contribution in [0.4, 0.5) is 11.4 Å². The highest BCUT2D eigenvalue weighted by atomic mass is 35.5. The SMILES string of the molecule is Cc1ccc(C)c(NC(=O)c2ccccc2NS(=O)(=O)c2ccc(Cl)cc2)c1. The zero-order valence-electron chi connectivity index (χ0n) is 15.4. The Hall–Kier alpha value is -2.83. The molecule has 0 aliphatic carbocycles. The number of carbonyl (C=O) groups is 1. The number of aryl methyl sites for hydroxylation is 2. The molecule has 3 aromatic carbocycles. The molecule has 0 radical (unpaired) electrons.